The maximum Gasteiger partial charge on any atom is 0.109 e. The smallest absolute Gasteiger partial charge is 0.109 e. The summed E-state index contributed by atoms with van der Waals surface area (Å²) in [4.78, 5) is 5.09. The molecule has 4 aliphatic rings. The summed E-state index contributed by atoms with van der Waals surface area (Å²) < 4.78 is 0. The minimum Gasteiger partial charge on any atom is -0.338 e. The number of fused-ring (bicyclic) bond motifs is 14. The monoisotopic (exact) mass is 765 g/mol. The lowest BCUT2D eigenvalue weighted by atomic mass is 9.63. The number of rotatable bonds is 4. The maximum atomic E-state index is 4.04. The molecule has 3 nitrogen and oxygen atoms in total. The van der Waals surface area contributed by atoms with Crippen molar-refractivity contribution in [3.8, 4) is 11.1 Å². The highest BCUT2D eigenvalue weighted by Crippen LogP contribution is 2.65. The van der Waals surface area contributed by atoms with Gasteiger partial charge in [0.25, 0.3) is 0 Å². The van der Waals surface area contributed by atoms with E-state index < -0.39 is 5.41 Å². The molecule has 1 spiro atoms. The quantitative estimate of drug-likeness (QED) is 0.192. The van der Waals surface area contributed by atoms with Crippen molar-refractivity contribution in [1.29, 1.82) is 0 Å². The first-order chi connectivity index (χ1) is 29.8. The summed E-state index contributed by atoms with van der Waals surface area (Å²) in [6, 6.07) is 76.4. The number of nitrogens with one attached hydrogen (secondary N) is 1. The van der Waals surface area contributed by atoms with Crippen LogP contribution in [0.25, 0.3) is 43.8 Å². The fourth-order valence-corrected chi connectivity index (χ4v) is 10.9. The molecule has 3 aliphatic heterocycles. The summed E-state index contributed by atoms with van der Waals surface area (Å²) in [5.41, 5.74) is 17.1. The third-order valence-electron chi connectivity index (χ3n) is 13.5. The fourth-order valence-electron chi connectivity index (χ4n) is 10.9. The minimum absolute atomic E-state index is 0.0104. The van der Waals surface area contributed by atoms with E-state index in [2.05, 4.69) is 234 Å². The third-order valence-corrected chi connectivity index (χ3v) is 13.5. The van der Waals surface area contributed by atoms with Crippen LogP contribution in [0.3, 0.4) is 0 Å². The first-order valence-electron chi connectivity index (χ1n) is 21.0. The van der Waals surface area contributed by atoms with Crippen LogP contribution < -0.4 is 10.2 Å². The van der Waals surface area contributed by atoms with E-state index in [1.165, 1.54) is 94.1 Å². The highest BCUT2D eigenvalue weighted by Gasteiger charge is 2.53. The van der Waals surface area contributed by atoms with Gasteiger partial charge in [0.2, 0.25) is 0 Å². The van der Waals surface area contributed by atoms with E-state index in [4.69, 9.17) is 0 Å². The summed E-state index contributed by atoms with van der Waals surface area (Å²) >= 11 is 0. The SMILES string of the molecule is C1=C(c2ccccc2)C=C(c2ccccc2)C2NC(c3ccc4c(c3)C3(c5ccccc5-4)c4ccc5ccccc5c4N(c4ccccc4)c4c3ccc3ccccc43)N12. The summed E-state index contributed by atoms with van der Waals surface area (Å²) in [7, 11) is 0. The van der Waals surface area contributed by atoms with Gasteiger partial charge in [-0.1, -0.05) is 194 Å². The zero-order valence-corrected chi connectivity index (χ0v) is 32.8. The van der Waals surface area contributed by atoms with E-state index in [-0.39, 0.29) is 12.3 Å². The maximum absolute atomic E-state index is 4.04. The van der Waals surface area contributed by atoms with Crippen molar-refractivity contribution in [3.63, 3.8) is 0 Å². The molecule has 0 saturated carbocycles. The number of nitrogens with zero attached hydrogens (tertiary/aromatic N) is 2. The number of allylic oxidation sites excluding steroid dienone is 2. The van der Waals surface area contributed by atoms with Gasteiger partial charge < -0.3 is 9.80 Å². The number of para-hydroxylation sites is 1. The molecule has 1 aliphatic carbocycles. The zero-order valence-electron chi connectivity index (χ0n) is 32.8. The van der Waals surface area contributed by atoms with Crippen molar-refractivity contribution in [2.75, 3.05) is 4.90 Å². The molecule has 1 fully saturated rings. The molecule has 0 bridgehead atoms. The summed E-state index contributed by atoms with van der Waals surface area (Å²) in [5, 5.41) is 8.99. The molecule has 2 atom stereocenters. The Hall–Kier alpha value is -7.46. The van der Waals surface area contributed by atoms with Crippen LogP contribution in [-0.2, 0) is 5.41 Å². The first kappa shape index (κ1) is 33.5. The van der Waals surface area contributed by atoms with Crippen molar-refractivity contribution >= 4 is 49.8 Å². The first-order valence-corrected chi connectivity index (χ1v) is 21.0. The standard InChI is InChI=1S/C57H39N3/c1-4-16-37(17-5-1)42-34-48(38-18-6-2-7-19-38)56-58-55(59(56)36-42)41-28-31-47-46-26-14-15-27-49(46)57(52(47)35-41)50-32-29-39-20-10-12-24-44(39)53(50)60(43-22-8-3-9-23-43)54-45-25-13-11-21-40(45)30-33-51(54)57/h1-36,55-56,58H. The number of hydrogen-bond donors (Lipinski definition) is 1. The fraction of sp³-hybridized carbons (Fsp3) is 0.0526. The van der Waals surface area contributed by atoms with Crippen LogP contribution >= 0.6 is 0 Å². The minimum atomic E-state index is -0.586. The molecule has 0 amide bonds. The Labute approximate surface area is 349 Å². The predicted octanol–water partition coefficient (Wildman–Crippen LogP) is 13.5. The average molecular weight is 766 g/mol. The Morgan fingerprint density at radius 2 is 1.00 bits per heavy atom. The Kier molecular flexibility index (Phi) is 7.13. The Morgan fingerprint density at radius 1 is 0.433 bits per heavy atom. The van der Waals surface area contributed by atoms with Crippen LogP contribution in [0.5, 0.6) is 0 Å². The highest BCUT2D eigenvalue weighted by molar-refractivity contribution is 6.11. The van der Waals surface area contributed by atoms with Crippen LogP contribution in [0.15, 0.2) is 219 Å². The predicted molar refractivity (Wildman–Crippen MR) is 247 cm³/mol. The second-order valence-electron chi connectivity index (χ2n) is 16.5. The molecule has 0 aromatic heterocycles. The topological polar surface area (TPSA) is 18.5 Å². The molecule has 60 heavy (non-hydrogen) atoms. The van der Waals surface area contributed by atoms with E-state index in [1.54, 1.807) is 0 Å². The van der Waals surface area contributed by atoms with Crippen molar-refractivity contribution in [3.05, 3.63) is 257 Å². The van der Waals surface area contributed by atoms with E-state index in [9.17, 15) is 0 Å². The lowest BCUT2D eigenvalue weighted by molar-refractivity contribution is 0.0566. The Bertz CT molecular complexity index is 3170. The van der Waals surface area contributed by atoms with E-state index >= 15 is 0 Å². The Balaban J connectivity index is 1.08. The lowest BCUT2D eigenvalue weighted by Gasteiger charge is -2.53. The second kappa shape index (κ2) is 12.8. The van der Waals surface area contributed by atoms with Crippen molar-refractivity contribution in [1.82, 2.24) is 10.2 Å². The number of benzene rings is 9. The van der Waals surface area contributed by atoms with Gasteiger partial charge >= 0.3 is 0 Å². The van der Waals surface area contributed by atoms with Gasteiger partial charge in [-0.15, -0.1) is 0 Å². The molecular weight excluding hydrogens is 727 g/mol. The van der Waals surface area contributed by atoms with Crippen LogP contribution in [0.4, 0.5) is 17.1 Å². The second-order valence-corrected chi connectivity index (χ2v) is 16.5. The van der Waals surface area contributed by atoms with Gasteiger partial charge in [0, 0.05) is 22.7 Å². The summed E-state index contributed by atoms with van der Waals surface area (Å²) in [6.45, 7) is 0. The molecular formula is C57H39N3. The van der Waals surface area contributed by atoms with Crippen molar-refractivity contribution in [2.24, 2.45) is 0 Å². The van der Waals surface area contributed by atoms with E-state index in [1.807, 2.05) is 0 Å². The molecule has 1 saturated heterocycles. The van der Waals surface area contributed by atoms with Crippen LogP contribution in [0, 0.1) is 0 Å². The van der Waals surface area contributed by atoms with Gasteiger partial charge in [-0.05, 0) is 90.2 Å². The molecule has 9 aromatic carbocycles. The molecule has 3 heteroatoms. The normalized spacial score (nSPS) is 17.9. The summed E-state index contributed by atoms with van der Waals surface area (Å²) in [6.07, 6.45) is 4.79. The van der Waals surface area contributed by atoms with Gasteiger partial charge in [0.05, 0.1) is 16.8 Å². The van der Waals surface area contributed by atoms with Crippen molar-refractivity contribution in [2.45, 2.75) is 17.7 Å². The van der Waals surface area contributed by atoms with Gasteiger partial charge in [-0.3, -0.25) is 5.32 Å². The lowest BCUT2D eigenvalue weighted by Crippen LogP contribution is -2.62. The molecule has 13 rings (SSSR count). The van der Waals surface area contributed by atoms with Crippen LogP contribution in [0.2, 0.25) is 0 Å². The summed E-state index contributed by atoms with van der Waals surface area (Å²) in [5.74, 6) is 0. The highest BCUT2D eigenvalue weighted by atomic mass is 15.5. The number of anilines is 3. The van der Waals surface area contributed by atoms with Gasteiger partial charge in [-0.25, -0.2) is 0 Å². The van der Waals surface area contributed by atoms with Crippen molar-refractivity contribution < 1.29 is 0 Å². The van der Waals surface area contributed by atoms with Crippen LogP contribution in [0.1, 0.15) is 45.1 Å². The molecule has 282 valence electrons. The molecule has 2 unspecified atom stereocenters. The van der Waals surface area contributed by atoms with Gasteiger partial charge in [-0.2, -0.15) is 0 Å². The largest absolute Gasteiger partial charge is 0.338 e. The number of hydrogen-bond acceptors (Lipinski definition) is 3. The Morgan fingerprint density at radius 3 is 1.68 bits per heavy atom. The molecule has 9 aromatic rings. The van der Waals surface area contributed by atoms with E-state index in [0.29, 0.717) is 0 Å². The molecule has 0 radical (unpaired) electrons. The average Bonchev–Trinajstić information content (AvgIpc) is 3.60. The van der Waals surface area contributed by atoms with Crippen LogP contribution in [-0.4, -0.2) is 11.1 Å². The zero-order chi connectivity index (χ0) is 39.4. The van der Waals surface area contributed by atoms with E-state index in [0.717, 1.165) is 5.69 Å². The van der Waals surface area contributed by atoms with Gasteiger partial charge in [0.1, 0.15) is 12.3 Å². The third kappa shape index (κ3) is 4.58. The molecule has 1 N–H and O–H groups in total. The van der Waals surface area contributed by atoms with Gasteiger partial charge in [0.15, 0.2) is 0 Å². The molecule has 3 heterocycles.